The van der Waals surface area contributed by atoms with Crippen molar-refractivity contribution in [1.82, 2.24) is 0 Å². The van der Waals surface area contributed by atoms with Gasteiger partial charge in [0.25, 0.3) is 0 Å². The SMILES string of the molecule is Cc1ccccc1Oc1ccc(SC(F)(F)F)cc1. The van der Waals surface area contributed by atoms with Crippen molar-refractivity contribution in [3.05, 3.63) is 54.1 Å². The van der Waals surface area contributed by atoms with Crippen LogP contribution in [0, 0.1) is 6.92 Å². The van der Waals surface area contributed by atoms with Gasteiger partial charge in [0.15, 0.2) is 0 Å². The minimum atomic E-state index is -4.27. The summed E-state index contributed by atoms with van der Waals surface area (Å²) in [6.07, 6.45) is 0. The van der Waals surface area contributed by atoms with E-state index in [1.54, 1.807) is 0 Å². The van der Waals surface area contributed by atoms with Gasteiger partial charge in [0.05, 0.1) is 0 Å². The number of halogens is 3. The molecule has 0 radical (unpaired) electrons. The second-order valence-corrected chi connectivity index (χ2v) is 5.03. The van der Waals surface area contributed by atoms with Crippen molar-refractivity contribution >= 4 is 11.8 Å². The van der Waals surface area contributed by atoms with Crippen LogP contribution in [0.15, 0.2) is 53.4 Å². The Morgan fingerprint density at radius 1 is 0.947 bits per heavy atom. The number of thioether (sulfide) groups is 1. The van der Waals surface area contributed by atoms with Crippen LogP contribution in [0.5, 0.6) is 11.5 Å². The van der Waals surface area contributed by atoms with E-state index in [1.165, 1.54) is 24.3 Å². The average molecular weight is 284 g/mol. The van der Waals surface area contributed by atoms with Crippen molar-refractivity contribution < 1.29 is 17.9 Å². The molecule has 0 saturated carbocycles. The lowest BCUT2D eigenvalue weighted by atomic mass is 10.2. The first-order valence-electron chi connectivity index (χ1n) is 5.53. The van der Waals surface area contributed by atoms with Crippen LogP contribution < -0.4 is 4.74 Å². The highest BCUT2D eigenvalue weighted by Gasteiger charge is 2.29. The zero-order valence-electron chi connectivity index (χ0n) is 10.1. The van der Waals surface area contributed by atoms with Gasteiger partial charge < -0.3 is 4.74 Å². The molecule has 0 saturated heterocycles. The maximum Gasteiger partial charge on any atom is 0.446 e. The molecule has 0 spiro atoms. The van der Waals surface area contributed by atoms with Crippen LogP contribution in [0.3, 0.4) is 0 Å². The van der Waals surface area contributed by atoms with E-state index in [1.807, 2.05) is 31.2 Å². The van der Waals surface area contributed by atoms with Crippen molar-refractivity contribution in [3.8, 4) is 11.5 Å². The van der Waals surface area contributed by atoms with E-state index in [-0.39, 0.29) is 16.7 Å². The Morgan fingerprint density at radius 2 is 1.58 bits per heavy atom. The number of para-hydroxylation sites is 1. The first-order valence-corrected chi connectivity index (χ1v) is 6.35. The Kier molecular flexibility index (Phi) is 4.04. The van der Waals surface area contributed by atoms with E-state index in [9.17, 15) is 13.2 Å². The largest absolute Gasteiger partial charge is 0.457 e. The summed E-state index contributed by atoms with van der Waals surface area (Å²) in [5.41, 5.74) is -3.30. The smallest absolute Gasteiger partial charge is 0.446 e. The molecule has 0 fully saturated rings. The fourth-order valence-corrected chi connectivity index (χ4v) is 2.05. The predicted octanol–water partition coefficient (Wildman–Crippen LogP) is 5.40. The summed E-state index contributed by atoms with van der Waals surface area (Å²) in [5.74, 6) is 1.21. The van der Waals surface area contributed by atoms with E-state index >= 15 is 0 Å². The molecule has 2 rings (SSSR count). The molecule has 0 aliphatic carbocycles. The molecule has 0 aromatic heterocycles. The Morgan fingerprint density at radius 3 is 2.16 bits per heavy atom. The topological polar surface area (TPSA) is 9.23 Å². The van der Waals surface area contributed by atoms with Crippen LogP contribution >= 0.6 is 11.8 Å². The molecule has 1 nitrogen and oxygen atoms in total. The van der Waals surface area contributed by atoms with Gasteiger partial charge in [0, 0.05) is 4.90 Å². The summed E-state index contributed by atoms with van der Waals surface area (Å²) in [6.45, 7) is 1.91. The van der Waals surface area contributed by atoms with Crippen molar-refractivity contribution in [2.75, 3.05) is 0 Å². The van der Waals surface area contributed by atoms with E-state index in [0.29, 0.717) is 11.5 Å². The van der Waals surface area contributed by atoms with Crippen LogP contribution in [0.1, 0.15) is 5.56 Å². The number of ether oxygens (including phenoxy) is 1. The molecule has 100 valence electrons. The van der Waals surface area contributed by atoms with Crippen LogP contribution in [0.2, 0.25) is 0 Å². The maximum atomic E-state index is 12.2. The van der Waals surface area contributed by atoms with Gasteiger partial charge in [0.1, 0.15) is 11.5 Å². The maximum absolute atomic E-state index is 12.2. The van der Waals surface area contributed by atoms with Crippen LogP contribution in [-0.4, -0.2) is 5.51 Å². The third-order valence-corrected chi connectivity index (χ3v) is 3.12. The van der Waals surface area contributed by atoms with Crippen LogP contribution in [0.4, 0.5) is 13.2 Å². The number of rotatable bonds is 3. The standard InChI is InChI=1S/C14H11F3OS/c1-10-4-2-3-5-13(10)18-11-6-8-12(9-7-11)19-14(15,16)17/h2-9H,1H3. The molecule has 0 amide bonds. The first kappa shape index (κ1) is 13.8. The zero-order valence-corrected chi connectivity index (χ0v) is 10.9. The molecule has 19 heavy (non-hydrogen) atoms. The molecule has 0 atom stereocenters. The molecular weight excluding hydrogens is 273 g/mol. The summed E-state index contributed by atoms with van der Waals surface area (Å²) in [5, 5.41) is 0. The number of aryl methyl sites for hydroxylation is 1. The molecule has 0 unspecified atom stereocenters. The van der Waals surface area contributed by atoms with Crippen LogP contribution in [-0.2, 0) is 0 Å². The molecule has 0 bridgehead atoms. The number of hydrogen-bond acceptors (Lipinski definition) is 2. The van der Waals surface area contributed by atoms with Crippen LogP contribution in [0.25, 0.3) is 0 Å². The van der Waals surface area contributed by atoms with E-state index in [0.717, 1.165) is 5.56 Å². The van der Waals surface area contributed by atoms with Crippen molar-refractivity contribution in [3.63, 3.8) is 0 Å². The fourth-order valence-electron chi connectivity index (χ4n) is 1.51. The third-order valence-electron chi connectivity index (χ3n) is 2.38. The van der Waals surface area contributed by atoms with Gasteiger partial charge in [-0.15, -0.1) is 0 Å². The molecule has 0 aliphatic heterocycles. The highest BCUT2D eigenvalue weighted by molar-refractivity contribution is 8.00. The van der Waals surface area contributed by atoms with E-state index in [4.69, 9.17) is 4.74 Å². The minimum Gasteiger partial charge on any atom is -0.457 e. The molecule has 5 heteroatoms. The van der Waals surface area contributed by atoms with Crippen molar-refractivity contribution in [2.45, 2.75) is 17.3 Å². The number of hydrogen-bond donors (Lipinski definition) is 0. The lowest BCUT2D eigenvalue weighted by molar-refractivity contribution is -0.0328. The second kappa shape index (κ2) is 5.57. The normalized spacial score (nSPS) is 11.4. The minimum absolute atomic E-state index is 0.137. The molecule has 0 N–H and O–H groups in total. The first-order chi connectivity index (χ1) is 8.94. The molecule has 2 aromatic rings. The highest BCUT2D eigenvalue weighted by atomic mass is 32.2. The van der Waals surface area contributed by atoms with Gasteiger partial charge in [-0.05, 0) is 54.6 Å². The Hall–Kier alpha value is -1.62. The Balaban J connectivity index is 2.09. The number of alkyl halides is 3. The van der Waals surface area contributed by atoms with Crippen molar-refractivity contribution in [1.29, 1.82) is 0 Å². The molecular formula is C14H11F3OS. The summed E-state index contributed by atoms with van der Waals surface area (Å²) in [7, 11) is 0. The van der Waals surface area contributed by atoms with Gasteiger partial charge in [-0.25, -0.2) is 0 Å². The highest BCUT2D eigenvalue weighted by Crippen LogP contribution is 2.37. The van der Waals surface area contributed by atoms with Gasteiger partial charge in [-0.1, -0.05) is 18.2 Å². The summed E-state index contributed by atoms with van der Waals surface area (Å²) < 4.78 is 42.1. The quantitative estimate of drug-likeness (QED) is 0.698. The van der Waals surface area contributed by atoms with Gasteiger partial charge in [-0.3, -0.25) is 0 Å². The summed E-state index contributed by atoms with van der Waals surface area (Å²) in [6, 6.07) is 13.3. The van der Waals surface area contributed by atoms with E-state index < -0.39 is 5.51 Å². The van der Waals surface area contributed by atoms with Gasteiger partial charge >= 0.3 is 5.51 Å². The molecule has 0 aliphatic rings. The van der Waals surface area contributed by atoms with Gasteiger partial charge in [-0.2, -0.15) is 13.2 Å². The van der Waals surface area contributed by atoms with Crippen molar-refractivity contribution in [2.24, 2.45) is 0 Å². The third kappa shape index (κ3) is 4.21. The van der Waals surface area contributed by atoms with Gasteiger partial charge in [0.2, 0.25) is 0 Å². The zero-order chi connectivity index (χ0) is 13.9. The Labute approximate surface area is 113 Å². The molecule has 0 heterocycles. The van der Waals surface area contributed by atoms with E-state index in [2.05, 4.69) is 0 Å². The predicted molar refractivity (Wildman–Crippen MR) is 69.6 cm³/mol. The average Bonchev–Trinajstić information content (AvgIpc) is 2.33. The monoisotopic (exact) mass is 284 g/mol. The summed E-state index contributed by atoms with van der Waals surface area (Å²) in [4.78, 5) is 0.143. The lowest BCUT2D eigenvalue weighted by Gasteiger charge is -2.09. The lowest BCUT2D eigenvalue weighted by Crippen LogP contribution is -1.98. The second-order valence-electron chi connectivity index (χ2n) is 3.89. The number of benzene rings is 2. The summed E-state index contributed by atoms with van der Waals surface area (Å²) >= 11 is -0.137. The Bertz CT molecular complexity index is 549. The fraction of sp³-hybridized carbons (Fsp3) is 0.143. The molecule has 2 aromatic carbocycles.